The van der Waals surface area contributed by atoms with Crippen molar-refractivity contribution in [3.63, 3.8) is 0 Å². The van der Waals surface area contributed by atoms with Crippen LogP contribution in [0.15, 0.2) is 48.5 Å². The second-order valence-corrected chi connectivity index (χ2v) is 7.46. The third kappa shape index (κ3) is 2.35. The highest BCUT2D eigenvalue weighted by atomic mass is 35.5. The Morgan fingerprint density at radius 1 is 1.04 bits per heavy atom. The lowest BCUT2D eigenvalue weighted by molar-refractivity contribution is 0.181. The maximum Gasteiger partial charge on any atom is 0.111 e. The van der Waals surface area contributed by atoms with E-state index in [-0.39, 0.29) is 0 Å². The summed E-state index contributed by atoms with van der Waals surface area (Å²) in [5, 5.41) is 0.768. The number of imidazole rings is 1. The van der Waals surface area contributed by atoms with E-state index < -0.39 is 0 Å². The van der Waals surface area contributed by atoms with Gasteiger partial charge < -0.3 is 4.57 Å². The van der Waals surface area contributed by atoms with Crippen molar-refractivity contribution in [2.75, 3.05) is 0 Å². The van der Waals surface area contributed by atoms with E-state index in [0.29, 0.717) is 12.1 Å². The number of hydrogen-bond donors (Lipinski definition) is 0. The summed E-state index contributed by atoms with van der Waals surface area (Å²) < 4.78 is 2.42. The van der Waals surface area contributed by atoms with Gasteiger partial charge in [0.25, 0.3) is 0 Å². The van der Waals surface area contributed by atoms with Gasteiger partial charge in [0.05, 0.1) is 11.0 Å². The molecule has 5 rings (SSSR count). The number of halogens is 1. The van der Waals surface area contributed by atoms with E-state index >= 15 is 0 Å². The molecule has 1 fully saturated rings. The Morgan fingerprint density at radius 2 is 1.88 bits per heavy atom. The molecule has 2 aromatic carbocycles. The first kappa shape index (κ1) is 14.5. The fourth-order valence-electron chi connectivity index (χ4n) is 4.42. The summed E-state index contributed by atoms with van der Waals surface area (Å²) in [6.07, 6.45) is 3.60. The molecule has 0 amide bonds. The molecule has 1 aromatic heterocycles. The van der Waals surface area contributed by atoms with Gasteiger partial charge in [-0.15, -0.1) is 0 Å². The van der Waals surface area contributed by atoms with Crippen LogP contribution in [0, 0.1) is 0 Å². The molecule has 3 aromatic rings. The van der Waals surface area contributed by atoms with Crippen LogP contribution in [-0.4, -0.2) is 26.5 Å². The molecule has 3 heterocycles. The molecule has 2 atom stereocenters. The second-order valence-electron chi connectivity index (χ2n) is 7.02. The van der Waals surface area contributed by atoms with Crippen molar-refractivity contribution in [2.45, 2.75) is 44.4 Å². The van der Waals surface area contributed by atoms with Crippen LogP contribution in [0.25, 0.3) is 11.0 Å². The van der Waals surface area contributed by atoms with Crippen LogP contribution in [0.3, 0.4) is 0 Å². The Bertz CT molecular complexity index is 887. The van der Waals surface area contributed by atoms with E-state index in [1.807, 2.05) is 12.1 Å². The molecule has 0 saturated carbocycles. The molecular formula is C20H20ClN3. The zero-order chi connectivity index (χ0) is 16.1. The summed E-state index contributed by atoms with van der Waals surface area (Å²) in [6.45, 7) is 2.08. The van der Waals surface area contributed by atoms with Crippen LogP contribution in [0.4, 0.5) is 0 Å². The van der Waals surface area contributed by atoms with Gasteiger partial charge in [0.1, 0.15) is 5.82 Å². The van der Waals surface area contributed by atoms with Gasteiger partial charge in [-0.25, -0.2) is 4.98 Å². The molecule has 1 saturated heterocycles. The molecule has 2 aliphatic rings. The Balaban J connectivity index is 1.50. The summed E-state index contributed by atoms with van der Waals surface area (Å²) in [4.78, 5) is 7.59. The van der Waals surface area contributed by atoms with Crippen molar-refractivity contribution in [3.05, 3.63) is 64.9 Å². The van der Waals surface area contributed by atoms with Crippen molar-refractivity contribution < 1.29 is 0 Å². The minimum Gasteiger partial charge on any atom is -0.326 e. The van der Waals surface area contributed by atoms with Crippen molar-refractivity contribution in [2.24, 2.45) is 0 Å². The van der Waals surface area contributed by atoms with Crippen molar-refractivity contribution in [3.8, 4) is 0 Å². The molecule has 24 heavy (non-hydrogen) atoms. The summed E-state index contributed by atoms with van der Waals surface area (Å²) in [7, 11) is 0. The Kier molecular flexibility index (Phi) is 3.39. The van der Waals surface area contributed by atoms with Crippen molar-refractivity contribution >= 4 is 22.6 Å². The van der Waals surface area contributed by atoms with Gasteiger partial charge in [0, 0.05) is 36.6 Å². The molecule has 122 valence electrons. The highest BCUT2D eigenvalue weighted by Gasteiger charge is 2.37. The van der Waals surface area contributed by atoms with Crippen LogP contribution in [-0.2, 0) is 19.5 Å². The Labute approximate surface area is 146 Å². The molecule has 3 nitrogen and oxygen atoms in total. The average molecular weight is 338 g/mol. The zero-order valence-electron chi connectivity index (χ0n) is 13.5. The lowest BCUT2D eigenvalue weighted by atomic mass is 10.1. The molecule has 0 spiro atoms. The molecular weight excluding hydrogens is 318 g/mol. The minimum atomic E-state index is 0.601. The molecule has 0 radical (unpaired) electrons. The molecule has 2 unspecified atom stereocenters. The first-order valence-electron chi connectivity index (χ1n) is 8.72. The van der Waals surface area contributed by atoms with Gasteiger partial charge in [-0.2, -0.15) is 0 Å². The van der Waals surface area contributed by atoms with Crippen molar-refractivity contribution in [1.29, 1.82) is 0 Å². The van der Waals surface area contributed by atoms with Crippen LogP contribution < -0.4 is 0 Å². The molecule has 0 N–H and O–H groups in total. The zero-order valence-corrected chi connectivity index (χ0v) is 14.3. The van der Waals surface area contributed by atoms with E-state index in [1.165, 1.54) is 29.7 Å². The quantitative estimate of drug-likeness (QED) is 0.696. The van der Waals surface area contributed by atoms with E-state index in [0.717, 1.165) is 30.0 Å². The van der Waals surface area contributed by atoms with E-state index in [2.05, 4.69) is 45.9 Å². The van der Waals surface area contributed by atoms with Gasteiger partial charge in [-0.3, -0.25) is 4.90 Å². The number of hydrogen-bond acceptors (Lipinski definition) is 2. The molecule has 2 bridgehead atoms. The maximum atomic E-state index is 6.14. The molecule has 0 aliphatic carbocycles. The van der Waals surface area contributed by atoms with Gasteiger partial charge in [0.2, 0.25) is 0 Å². The summed E-state index contributed by atoms with van der Waals surface area (Å²) >= 11 is 6.14. The van der Waals surface area contributed by atoms with Gasteiger partial charge in [-0.1, -0.05) is 41.9 Å². The monoisotopic (exact) mass is 337 g/mol. The van der Waals surface area contributed by atoms with Crippen molar-refractivity contribution in [1.82, 2.24) is 14.5 Å². The number of aromatic nitrogens is 2. The highest BCUT2D eigenvalue weighted by Crippen LogP contribution is 2.34. The predicted molar refractivity (Wildman–Crippen MR) is 97.2 cm³/mol. The minimum absolute atomic E-state index is 0.601. The largest absolute Gasteiger partial charge is 0.326 e. The topological polar surface area (TPSA) is 21.1 Å². The fraction of sp³-hybridized carbons (Fsp3) is 0.350. The van der Waals surface area contributed by atoms with E-state index in [4.69, 9.17) is 16.6 Å². The summed E-state index contributed by atoms with van der Waals surface area (Å²) in [5.41, 5.74) is 3.67. The number of benzene rings is 2. The molecule has 2 aliphatic heterocycles. The Hall–Kier alpha value is -1.84. The van der Waals surface area contributed by atoms with Gasteiger partial charge in [-0.05, 0) is 36.6 Å². The molecule has 4 heteroatoms. The number of nitrogens with zero attached hydrogens (tertiary/aromatic N) is 3. The lowest BCUT2D eigenvalue weighted by Gasteiger charge is -2.27. The highest BCUT2D eigenvalue weighted by molar-refractivity contribution is 6.31. The third-order valence-electron chi connectivity index (χ3n) is 5.58. The first-order chi connectivity index (χ1) is 11.8. The standard InChI is InChI=1S/C20H20ClN3/c21-15-6-9-19-18(10-15)22-20-11-16-7-8-17(13-24(19)20)23(16)12-14-4-2-1-3-5-14/h1-6,9-10,16-17H,7-8,11-13H2. The number of fused-ring (bicyclic) bond motifs is 5. The SMILES string of the molecule is Clc1ccc2c(c1)nc1n2CC2CCC(C1)N2Cc1ccccc1. The van der Waals surface area contributed by atoms with Crippen LogP contribution in [0.2, 0.25) is 5.02 Å². The van der Waals surface area contributed by atoms with Gasteiger partial charge >= 0.3 is 0 Å². The van der Waals surface area contributed by atoms with Crippen LogP contribution in [0.5, 0.6) is 0 Å². The summed E-state index contributed by atoms with van der Waals surface area (Å²) in [6, 6.07) is 18.1. The fourth-order valence-corrected chi connectivity index (χ4v) is 4.58. The predicted octanol–water partition coefficient (Wildman–Crippen LogP) is 4.28. The normalized spacial score (nSPS) is 23.4. The van der Waals surface area contributed by atoms with Crippen LogP contribution >= 0.6 is 11.6 Å². The first-order valence-corrected chi connectivity index (χ1v) is 9.10. The Morgan fingerprint density at radius 3 is 2.75 bits per heavy atom. The van der Waals surface area contributed by atoms with E-state index in [9.17, 15) is 0 Å². The maximum absolute atomic E-state index is 6.14. The number of rotatable bonds is 2. The van der Waals surface area contributed by atoms with Crippen LogP contribution in [0.1, 0.15) is 24.2 Å². The van der Waals surface area contributed by atoms with E-state index in [1.54, 1.807) is 0 Å². The average Bonchev–Trinajstić information content (AvgIpc) is 3.05. The lowest BCUT2D eigenvalue weighted by Crippen LogP contribution is -2.36. The smallest absolute Gasteiger partial charge is 0.111 e. The summed E-state index contributed by atoms with van der Waals surface area (Å²) in [5.74, 6) is 1.22. The van der Waals surface area contributed by atoms with Gasteiger partial charge in [0.15, 0.2) is 0 Å². The third-order valence-corrected chi connectivity index (χ3v) is 5.82. The second kappa shape index (κ2) is 5.61.